The second kappa shape index (κ2) is 5.56. The molecule has 1 unspecified atom stereocenters. The molecule has 0 bridgehead atoms. The smallest absolute Gasteiger partial charge is 0.324 e. The van der Waals surface area contributed by atoms with Gasteiger partial charge in [-0.15, -0.1) is 0 Å². The summed E-state index contributed by atoms with van der Waals surface area (Å²) in [6.45, 7) is 2.20. The Bertz CT molecular complexity index is 524. The highest BCUT2D eigenvalue weighted by atomic mass is 79.9. The number of nitrogens with zero attached hydrogens (tertiary/aromatic N) is 1. The summed E-state index contributed by atoms with van der Waals surface area (Å²) in [5.74, 6) is -1.08. The first-order valence-electron chi connectivity index (χ1n) is 5.70. The lowest BCUT2D eigenvalue weighted by molar-refractivity contribution is -0.134. The molecule has 1 saturated heterocycles. The maximum atomic E-state index is 13.6. The van der Waals surface area contributed by atoms with Crippen molar-refractivity contribution in [3.05, 3.63) is 28.5 Å². The lowest BCUT2D eigenvalue weighted by Gasteiger charge is -2.19. The van der Waals surface area contributed by atoms with Crippen LogP contribution in [0.15, 0.2) is 22.7 Å². The van der Waals surface area contributed by atoms with Crippen molar-refractivity contribution < 1.29 is 18.7 Å². The Labute approximate surface area is 117 Å². The Morgan fingerprint density at radius 3 is 2.89 bits per heavy atom. The largest absolute Gasteiger partial charge is 0.478 e. The highest BCUT2D eigenvalue weighted by molar-refractivity contribution is 9.10. The van der Waals surface area contributed by atoms with Crippen molar-refractivity contribution >= 4 is 27.9 Å². The maximum absolute atomic E-state index is 13.6. The molecule has 102 valence electrons. The number of urea groups is 1. The van der Waals surface area contributed by atoms with E-state index in [1.165, 1.54) is 19.1 Å². The van der Waals surface area contributed by atoms with E-state index in [1.807, 2.05) is 0 Å². The van der Waals surface area contributed by atoms with Gasteiger partial charge in [0.1, 0.15) is 0 Å². The molecular formula is C12H12BrFN2O3. The molecule has 3 amide bonds. The van der Waals surface area contributed by atoms with Crippen molar-refractivity contribution in [2.45, 2.75) is 13.0 Å². The first-order valence-corrected chi connectivity index (χ1v) is 6.49. The predicted molar refractivity (Wildman–Crippen MR) is 69.3 cm³/mol. The van der Waals surface area contributed by atoms with Gasteiger partial charge in [-0.2, -0.15) is 0 Å². The Hall–Kier alpha value is -1.63. The van der Waals surface area contributed by atoms with Gasteiger partial charge in [-0.1, -0.05) is 15.9 Å². The number of nitrogens with one attached hydrogen (secondary N) is 1. The van der Waals surface area contributed by atoms with Crippen molar-refractivity contribution in [1.29, 1.82) is 0 Å². The predicted octanol–water partition coefficient (Wildman–Crippen LogP) is 1.91. The molecule has 0 saturated carbocycles. The fraction of sp³-hybridized carbons (Fsp3) is 0.333. The Kier molecular flexibility index (Phi) is 4.04. The molecule has 0 aromatic heterocycles. The number of hydrogen-bond donors (Lipinski definition) is 1. The van der Waals surface area contributed by atoms with Gasteiger partial charge in [-0.25, -0.2) is 9.18 Å². The summed E-state index contributed by atoms with van der Waals surface area (Å²) < 4.78 is 19.4. The number of ether oxygens (including phenoxy) is 1. The minimum atomic E-state index is -0.931. The standard InChI is InChI=1S/C12H12BrFN2O3/c1-7(11(17)16-5-4-15-12(16)18)19-10-3-2-8(13)6-9(10)14/h2-3,6-7H,4-5H2,1H3,(H,15,18). The van der Waals surface area contributed by atoms with E-state index in [4.69, 9.17) is 4.74 Å². The highest BCUT2D eigenvalue weighted by Gasteiger charge is 2.31. The van der Waals surface area contributed by atoms with Gasteiger partial charge in [0.05, 0.1) is 0 Å². The fourth-order valence-electron chi connectivity index (χ4n) is 1.71. The molecular weight excluding hydrogens is 319 g/mol. The van der Waals surface area contributed by atoms with Crippen LogP contribution in [0.4, 0.5) is 9.18 Å². The molecule has 0 radical (unpaired) electrons. The van der Waals surface area contributed by atoms with Gasteiger partial charge in [0, 0.05) is 17.6 Å². The average molecular weight is 331 g/mol. The van der Waals surface area contributed by atoms with Crippen LogP contribution in [0.2, 0.25) is 0 Å². The van der Waals surface area contributed by atoms with E-state index >= 15 is 0 Å². The first-order chi connectivity index (χ1) is 8.99. The van der Waals surface area contributed by atoms with Crippen molar-refractivity contribution in [3.8, 4) is 5.75 Å². The van der Waals surface area contributed by atoms with Crippen molar-refractivity contribution in [1.82, 2.24) is 10.2 Å². The van der Waals surface area contributed by atoms with Crippen molar-refractivity contribution in [2.24, 2.45) is 0 Å². The summed E-state index contributed by atoms with van der Waals surface area (Å²) in [5, 5.41) is 2.52. The Morgan fingerprint density at radius 2 is 2.32 bits per heavy atom. The van der Waals surface area contributed by atoms with Gasteiger partial charge >= 0.3 is 6.03 Å². The number of carbonyl (C=O) groups excluding carboxylic acids is 2. The van der Waals surface area contributed by atoms with E-state index in [0.717, 1.165) is 4.90 Å². The summed E-state index contributed by atoms with van der Waals surface area (Å²) in [5.41, 5.74) is 0. The lowest BCUT2D eigenvalue weighted by atomic mass is 10.3. The van der Waals surface area contributed by atoms with Crippen LogP contribution in [-0.2, 0) is 4.79 Å². The second-order valence-electron chi connectivity index (χ2n) is 4.06. The second-order valence-corrected chi connectivity index (χ2v) is 4.97. The molecule has 0 spiro atoms. The minimum absolute atomic E-state index is 0.0244. The monoisotopic (exact) mass is 330 g/mol. The van der Waals surface area contributed by atoms with Gasteiger partial charge in [0.25, 0.3) is 5.91 Å². The van der Waals surface area contributed by atoms with Crippen LogP contribution >= 0.6 is 15.9 Å². The normalized spacial score (nSPS) is 16.2. The van der Waals surface area contributed by atoms with E-state index in [9.17, 15) is 14.0 Å². The Balaban J connectivity index is 2.06. The van der Waals surface area contributed by atoms with E-state index in [-0.39, 0.29) is 5.75 Å². The summed E-state index contributed by atoms with van der Waals surface area (Å²) in [6, 6.07) is 3.83. The van der Waals surface area contributed by atoms with E-state index < -0.39 is 23.9 Å². The topological polar surface area (TPSA) is 58.6 Å². The molecule has 7 heteroatoms. The summed E-state index contributed by atoms with van der Waals surface area (Å²) >= 11 is 3.13. The molecule has 1 aliphatic rings. The first kappa shape index (κ1) is 13.8. The van der Waals surface area contributed by atoms with Crippen molar-refractivity contribution in [2.75, 3.05) is 13.1 Å². The maximum Gasteiger partial charge on any atom is 0.324 e. The van der Waals surface area contributed by atoms with Crippen LogP contribution in [0.1, 0.15) is 6.92 Å². The van der Waals surface area contributed by atoms with E-state index in [1.54, 1.807) is 6.07 Å². The average Bonchev–Trinajstić information content (AvgIpc) is 2.78. The van der Waals surface area contributed by atoms with Crippen LogP contribution < -0.4 is 10.1 Å². The molecule has 1 fully saturated rings. The number of imide groups is 1. The molecule has 1 aliphatic heterocycles. The summed E-state index contributed by atoms with van der Waals surface area (Å²) in [7, 11) is 0. The van der Waals surface area contributed by atoms with Crippen LogP contribution in [0, 0.1) is 5.82 Å². The molecule has 1 aromatic rings. The van der Waals surface area contributed by atoms with E-state index in [2.05, 4.69) is 21.2 Å². The summed E-state index contributed by atoms with van der Waals surface area (Å²) in [6.07, 6.45) is -0.931. The number of amides is 3. The molecule has 19 heavy (non-hydrogen) atoms. The SMILES string of the molecule is CC(Oc1ccc(Br)cc1F)C(=O)N1CCNC1=O. The van der Waals surface area contributed by atoms with Crippen LogP contribution in [0.5, 0.6) is 5.75 Å². The lowest BCUT2D eigenvalue weighted by Crippen LogP contribution is -2.42. The van der Waals surface area contributed by atoms with Crippen molar-refractivity contribution in [3.63, 3.8) is 0 Å². The molecule has 0 aliphatic carbocycles. The third-order valence-corrected chi connectivity index (χ3v) is 3.16. The quantitative estimate of drug-likeness (QED) is 0.920. The molecule has 1 atom stereocenters. The minimum Gasteiger partial charge on any atom is -0.478 e. The van der Waals surface area contributed by atoms with E-state index in [0.29, 0.717) is 17.6 Å². The van der Waals surface area contributed by atoms with Crippen LogP contribution in [-0.4, -0.2) is 36.0 Å². The highest BCUT2D eigenvalue weighted by Crippen LogP contribution is 2.22. The van der Waals surface area contributed by atoms with Gasteiger partial charge < -0.3 is 10.1 Å². The third kappa shape index (κ3) is 3.04. The third-order valence-electron chi connectivity index (χ3n) is 2.67. The van der Waals surface area contributed by atoms with Crippen LogP contribution in [0.3, 0.4) is 0 Å². The zero-order chi connectivity index (χ0) is 14.0. The zero-order valence-corrected chi connectivity index (χ0v) is 11.7. The molecule has 1 heterocycles. The number of carbonyl (C=O) groups is 2. The number of halogens is 2. The van der Waals surface area contributed by atoms with Gasteiger partial charge in [0.2, 0.25) is 0 Å². The van der Waals surface area contributed by atoms with Gasteiger partial charge in [0.15, 0.2) is 17.7 Å². The van der Waals surface area contributed by atoms with Gasteiger partial charge in [-0.3, -0.25) is 9.69 Å². The molecule has 5 nitrogen and oxygen atoms in total. The zero-order valence-electron chi connectivity index (χ0n) is 10.2. The fourth-order valence-corrected chi connectivity index (χ4v) is 2.05. The number of benzene rings is 1. The number of hydrogen-bond acceptors (Lipinski definition) is 3. The number of rotatable bonds is 3. The molecule has 1 aromatic carbocycles. The summed E-state index contributed by atoms with van der Waals surface area (Å²) in [4.78, 5) is 24.3. The molecule has 1 N–H and O–H groups in total. The molecule has 2 rings (SSSR count). The van der Waals surface area contributed by atoms with Gasteiger partial charge in [-0.05, 0) is 25.1 Å². The van der Waals surface area contributed by atoms with Crippen LogP contribution in [0.25, 0.3) is 0 Å². The Morgan fingerprint density at radius 1 is 1.58 bits per heavy atom.